The number of aliphatic hydroxyl groups is 2. The third-order valence-corrected chi connectivity index (χ3v) is 14.1. The van der Waals surface area contributed by atoms with Gasteiger partial charge in [0.15, 0.2) is 6.10 Å². The molecule has 0 rings (SSSR count). The van der Waals surface area contributed by atoms with E-state index in [-0.39, 0.29) is 19.3 Å². The molecule has 0 saturated heterocycles. The van der Waals surface area contributed by atoms with Crippen LogP contribution in [0.2, 0.25) is 0 Å². The van der Waals surface area contributed by atoms with Gasteiger partial charge in [0.1, 0.15) is 25.4 Å². The van der Waals surface area contributed by atoms with Gasteiger partial charge in [-0.15, -0.1) is 0 Å². The third kappa shape index (κ3) is 55.0. The number of phosphoric ester groups is 2. The quantitative estimate of drug-likeness (QED) is 0.0146. The van der Waals surface area contributed by atoms with Crippen LogP contribution in [0.15, 0.2) is 60.8 Å². The van der Waals surface area contributed by atoms with E-state index in [0.29, 0.717) is 19.3 Å². The summed E-state index contributed by atoms with van der Waals surface area (Å²) >= 11 is 0. The van der Waals surface area contributed by atoms with Gasteiger partial charge < -0.3 is 34.2 Å². The summed E-state index contributed by atoms with van der Waals surface area (Å²) in [5.41, 5.74) is 0. The number of hydrogen-bond acceptors (Lipinski definition) is 14. The van der Waals surface area contributed by atoms with E-state index < -0.39 is 91.5 Å². The highest BCUT2D eigenvalue weighted by atomic mass is 31.2. The van der Waals surface area contributed by atoms with Crippen LogP contribution < -0.4 is 0 Å². The molecule has 0 fully saturated rings. The number of phosphoric acid groups is 2. The van der Waals surface area contributed by atoms with E-state index in [4.69, 9.17) is 32.3 Å². The molecule has 0 aliphatic rings. The van der Waals surface area contributed by atoms with Crippen LogP contribution in [0.4, 0.5) is 0 Å². The van der Waals surface area contributed by atoms with Gasteiger partial charge in [-0.3, -0.25) is 32.5 Å². The van der Waals surface area contributed by atoms with Gasteiger partial charge in [-0.25, -0.2) is 9.13 Å². The summed E-state index contributed by atoms with van der Waals surface area (Å²) in [6.45, 7) is 2.44. The molecule has 0 saturated carbocycles. The van der Waals surface area contributed by atoms with Crippen molar-refractivity contribution < 1.29 is 75.8 Å². The molecule has 5 atom stereocenters. The maximum atomic E-state index is 12.8. The Hall–Kier alpha value is -2.75. The monoisotopic (exact) mass is 1130 g/mol. The molecular weight excluding hydrogens is 1030 g/mol. The van der Waals surface area contributed by atoms with E-state index in [1.54, 1.807) is 0 Å². The molecule has 0 bridgehead atoms. The molecule has 0 heterocycles. The van der Waals surface area contributed by atoms with E-state index in [9.17, 15) is 43.5 Å². The van der Waals surface area contributed by atoms with E-state index >= 15 is 0 Å². The molecule has 0 aliphatic carbocycles. The lowest BCUT2D eigenvalue weighted by atomic mass is 10.1. The number of aliphatic hydroxyl groups excluding tert-OH is 2. The predicted molar refractivity (Wildman–Crippen MR) is 307 cm³/mol. The Labute approximate surface area is 465 Å². The maximum absolute atomic E-state index is 12.8. The Kier molecular flexibility index (Phi) is 51.9. The maximum Gasteiger partial charge on any atom is 0.472 e. The van der Waals surface area contributed by atoms with Crippen LogP contribution in [0.25, 0.3) is 0 Å². The lowest BCUT2D eigenvalue weighted by molar-refractivity contribution is -0.161. The van der Waals surface area contributed by atoms with Crippen LogP contribution in [-0.2, 0) is 55.8 Å². The second-order valence-electron chi connectivity index (χ2n) is 19.8. The van der Waals surface area contributed by atoms with Crippen LogP contribution in [0.1, 0.15) is 239 Å². The first-order valence-corrected chi connectivity index (χ1v) is 32.6. The van der Waals surface area contributed by atoms with Gasteiger partial charge in [0.05, 0.1) is 26.4 Å². The lowest BCUT2D eigenvalue weighted by Gasteiger charge is -2.21. The molecule has 4 N–H and O–H groups in total. The Morgan fingerprint density at radius 1 is 0.377 bits per heavy atom. The summed E-state index contributed by atoms with van der Waals surface area (Å²) in [4.78, 5) is 58.0. The fourth-order valence-corrected chi connectivity index (χ4v) is 9.26. The summed E-state index contributed by atoms with van der Waals surface area (Å²) in [5.74, 6) is -1.60. The summed E-state index contributed by atoms with van der Waals surface area (Å²) < 4.78 is 60.5. The van der Waals surface area contributed by atoms with Gasteiger partial charge in [0, 0.05) is 19.3 Å². The van der Waals surface area contributed by atoms with Gasteiger partial charge in [0.25, 0.3) is 0 Å². The lowest BCUT2D eigenvalue weighted by Crippen LogP contribution is -2.30. The summed E-state index contributed by atoms with van der Waals surface area (Å²) in [6.07, 6.45) is 50.1. The number of ether oxygens (including phenoxy) is 3. The van der Waals surface area contributed by atoms with Crippen molar-refractivity contribution in [2.24, 2.45) is 0 Å². The van der Waals surface area contributed by atoms with Crippen molar-refractivity contribution in [1.82, 2.24) is 0 Å². The average molecular weight is 1130 g/mol. The van der Waals surface area contributed by atoms with Crippen LogP contribution in [0.5, 0.6) is 0 Å². The number of carbonyl (C=O) groups excluding carboxylic acids is 3. The van der Waals surface area contributed by atoms with Crippen LogP contribution >= 0.6 is 15.6 Å². The fourth-order valence-electron chi connectivity index (χ4n) is 7.68. The first kappa shape index (κ1) is 74.2. The Morgan fingerprint density at radius 2 is 0.714 bits per heavy atom. The number of rotatable bonds is 56. The van der Waals surface area contributed by atoms with Crippen molar-refractivity contribution in [1.29, 1.82) is 0 Å². The van der Waals surface area contributed by atoms with Crippen LogP contribution in [0, 0.1) is 0 Å². The van der Waals surface area contributed by atoms with E-state index in [0.717, 1.165) is 141 Å². The van der Waals surface area contributed by atoms with Gasteiger partial charge in [0.2, 0.25) is 0 Å². The fraction of sp³-hybridized carbons (Fsp3) is 0.780. The minimum atomic E-state index is -4.91. The number of allylic oxidation sites excluding steroid dienone is 10. The first-order valence-electron chi connectivity index (χ1n) is 29.6. The molecule has 0 spiro atoms. The molecule has 5 unspecified atom stereocenters. The highest BCUT2D eigenvalue weighted by Crippen LogP contribution is 2.45. The molecule has 0 aromatic rings. The van der Waals surface area contributed by atoms with Crippen molar-refractivity contribution in [3.63, 3.8) is 0 Å². The molecule has 77 heavy (non-hydrogen) atoms. The molecule has 448 valence electrons. The molecule has 0 amide bonds. The van der Waals surface area contributed by atoms with E-state index in [2.05, 4.69) is 81.5 Å². The van der Waals surface area contributed by atoms with Gasteiger partial charge >= 0.3 is 33.6 Å². The minimum Gasteiger partial charge on any atom is -0.463 e. The Balaban J connectivity index is 4.62. The predicted octanol–water partition coefficient (Wildman–Crippen LogP) is 15.1. The van der Waals surface area contributed by atoms with Crippen molar-refractivity contribution >= 4 is 33.6 Å². The Bertz CT molecular complexity index is 1670. The molecule has 18 heteroatoms. The SMILES string of the molecule is CC/C=C\C/C=C\C/C=C\CCCCCCCCCC(=O)OCC(O)COP(=O)(O)OCC(O)COP(=O)(O)OCC(COC(=O)CCCCCCC/C=C\C/C=C\CCC)OC(=O)CCCCCCCCCCCCC. The highest BCUT2D eigenvalue weighted by Gasteiger charge is 2.29. The number of esters is 3. The van der Waals surface area contributed by atoms with Gasteiger partial charge in [-0.05, 0) is 77.0 Å². The molecule has 0 radical (unpaired) electrons. The zero-order valence-corrected chi connectivity index (χ0v) is 49.7. The largest absolute Gasteiger partial charge is 0.472 e. The summed E-state index contributed by atoms with van der Waals surface area (Å²) in [7, 11) is -9.75. The summed E-state index contributed by atoms with van der Waals surface area (Å²) in [6, 6.07) is 0. The number of hydrogen-bond donors (Lipinski definition) is 4. The topological polar surface area (TPSA) is 231 Å². The highest BCUT2D eigenvalue weighted by molar-refractivity contribution is 7.47. The van der Waals surface area contributed by atoms with Crippen molar-refractivity contribution in [2.45, 2.75) is 257 Å². The third-order valence-electron chi connectivity index (χ3n) is 12.2. The van der Waals surface area contributed by atoms with Crippen molar-refractivity contribution in [2.75, 3.05) is 39.6 Å². The average Bonchev–Trinajstić information content (AvgIpc) is 3.40. The zero-order chi connectivity index (χ0) is 56.8. The second-order valence-corrected chi connectivity index (χ2v) is 22.7. The van der Waals surface area contributed by atoms with E-state index in [1.165, 1.54) is 38.5 Å². The molecular formula is C59H106O16P2. The van der Waals surface area contributed by atoms with Crippen molar-refractivity contribution in [3.8, 4) is 0 Å². The van der Waals surface area contributed by atoms with Crippen LogP contribution in [0.3, 0.4) is 0 Å². The summed E-state index contributed by atoms with van der Waals surface area (Å²) in [5, 5.41) is 20.4. The zero-order valence-electron chi connectivity index (χ0n) is 47.9. The molecule has 0 aromatic carbocycles. The standard InChI is InChI=1S/C59H106O16P2/c1-4-7-10-13-16-19-22-24-25-26-27-29-32-33-36-39-42-45-57(62)69-48-54(60)49-71-76(65,66)72-50-55(61)51-73-77(67,68)74-53-56(75-59(64)47-44-41-38-35-30-21-18-15-12-9-6-3)52-70-58(63)46-43-40-37-34-31-28-23-20-17-14-11-8-5-2/h7,10-11,14,16,19-20,23-25,54-56,60-61H,4-6,8-9,12-13,15,17-18,21-22,26-53H2,1-3H3,(H,65,66)(H,67,68)/b10-7-,14-11-,19-16-,23-20-,25-24-. The molecule has 16 nitrogen and oxygen atoms in total. The second kappa shape index (κ2) is 53.9. The van der Waals surface area contributed by atoms with E-state index in [1.807, 2.05) is 0 Å². The first-order chi connectivity index (χ1) is 37.2. The number of carbonyl (C=O) groups is 3. The van der Waals surface area contributed by atoms with Gasteiger partial charge in [-0.1, -0.05) is 204 Å². The molecule has 0 aliphatic heterocycles. The van der Waals surface area contributed by atoms with Crippen molar-refractivity contribution in [3.05, 3.63) is 60.8 Å². The molecule has 0 aromatic heterocycles. The normalized spacial score (nSPS) is 14.9. The van der Waals surface area contributed by atoms with Crippen LogP contribution in [-0.4, -0.2) is 95.9 Å². The smallest absolute Gasteiger partial charge is 0.463 e. The minimum absolute atomic E-state index is 0.105. The van der Waals surface area contributed by atoms with Gasteiger partial charge in [-0.2, -0.15) is 0 Å². The number of unbranched alkanes of at least 4 members (excludes halogenated alkanes) is 23. The Morgan fingerprint density at radius 3 is 1.14 bits per heavy atom.